The van der Waals surface area contributed by atoms with Gasteiger partial charge in [-0.2, -0.15) is 0 Å². The van der Waals surface area contributed by atoms with E-state index in [-0.39, 0.29) is 49.4 Å². The van der Waals surface area contributed by atoms with E-state index < -0.39 is 17.4 Å². The zero-order chi connectivity index (χ0) is 45.2. The maximum absolute atomic E-state index is 14.8. The molecule has 2 aromatic rings. The van der Waals surface area contributed by atoms with Crippen LogP contribution in [0.3, 0.4) is 0 Å². The summed E-state index contributed by atoms with van der Waals surface area (Å²) in [6.07, 6.45) is 21.4. The molecule has 1 amide bonds. The number of amides is 1. The van der Waals surface area contributed by atoms with Gasteiger partial charge in [0.25, 0.3) is 0 Å². The summed E-state index contributed by atoms with van der Waals surface area (Å²) in [6.45, 7) is 17.9. The highest BCUT2D eigenvalue weighted by Gasteiger charge is 2.65. The summed E-state index contributed by atoms with van der Waals surface area (Å²) in [4.78, 5) is 27.8. The topological polar surface area (TPSA) is 123 Å². The van der Waals surface area contributed by atoms with E-state index in [9.17, 15) is 15.0 Å². The molecule has 10 nitrogen and oxygen atoms in total. The maximum atomic E-state index is 14.8. The quantitative estimate of drug-likeness (QED) is 0.0492. The van der Waals surface area contributed by atoms with Crippen molar-refractivity contribution in [2.45, 2.75) is 187 Å². The third-order valence-corrected chi connectivity index (χ3v) is 13.1. The average Bonchev–Trinajstić information content (AvgIpc) is 3.26. The molecule has 2 aliphatic carbocycles. The second kappa shape index (κ2) is 25.1. The van der Waals surface area contributed by atoms with Gasteiger partial charge in [-0.3, -0.25) is 9.78 Å². The second-order valence-corrected chi connectivity index (χ2v) is 19.2. The van der Waals surface area contributed by atoms with E-state index in [1.54, 1.807) is 6.08 Å². The zero-order valence-electron chi connectivity index (χ0n) is 39.8. The van der Waals surface area contributed by atoms with Crippen LogP contribution in [0.1, 0.15) is 173 Å². The number of aliphatic hydroxyl groups excluding tert-OH is 2. The first-order valence-corrected chi connectivity index (χ1v) is 24.6. The van der Waals surface area contributed by atoms with Crippen LogP contribution in [-0.4, -0.2) is 75.5 Å². The molecule has 0 spiro atoms. The van der Waals surface area contributed by atoms with Gasteiger partial charge < -0.3 is 34.2 Å². The first kappa shape index (κ1) is 50.3. The van der Waals surface area contributed by atoms with Crippen LogP contribution in [0.5, 0.6) is 11.5 Å². The lowest BCUT2D eigenvalue weighted by atomic mass is 9.55. The molecule has 6 atom stereocenters. The van der Waals surface area contributed by atoms with Crippen molar-refractivity contribution in [3.05, 3.63) is 77.7 Å². The van der Waals surface area contributed by atoms with Gasteiger partial charge in [-0.25, -0.2) is 0 Å². The third-order valence-electron chi connectivity index (χ3n) is 13.1. The first-order chi connectivity index (χ1) is 30.5. The maximum Gasteiger partial charge on any atom is 0.239 e. The number of aryl methyl sites for hydroxylation is 1. The summed E-state index contributed by atoms with van der Waals surface area (Å²) in [7, 11) is 0. The van der Waals surface area contributed by atoms with Gasteiger partial charge in [0.15, 0.2) is 0 Å². The minimum absolute atomic E-state index is 0.115. The Balaban J connectivity index is 1.63. The fourth-order valence-electron chi connectivity index (χ4n) is 10.2. The van der Waals surface area contributed by atoms with E-state index in [0.717, 1.165) is 97.5 Å². The predicted molar refractivity (Wildman–Crippen MR) is 253 cm³/mol. The van der Waals surface area contributed by atoms with E-state index in [0.29, 0.717) is 32.4 Å². The Morgan fingerprint density at radius 2 is 1.67 bits per heavy atom. The molecule has 2 heterocycles. The van der Waals surface area contributed by atoms with Crippen LogP contribution in [0.25, 0.3) is 0 Å². The molecule has 1 fully saturated rings. The number of ether oxygens (including phenoxy) is 3. The Kier molecular flexibility index (Phi) is 20.0. The SMILES string of the molecule is C=CCOC12Oc3ccc(OCc4cccc(C)n4)cc3C3C(CCCCO)C(CCCCO)C=C(C(=NOC(C)(C)C)CC1N(CCC)C(=O)CCCCCCCCCCC)C32. The highest BCUT2D eigenvalue weighted by Crippen LogP contribution is 2.62. The molecule has 6 unspecified atom stereocenters. The van der Waals surface area contributed by atoms with Gasteiger partial charge in [0.2, 0.25) is 11.7 Å². The molecule has 0 radical (unpaired) electrons. The number of pyridine rings is 1. The molecule has 63 heavy (non-hydrogen) atoms. The number of aromatic nitrogens is 1. The average molecular weight is 872 g/mol. The van der Waals surface area contributed by atoms with Crippen LogP contribution in [0, 0.1) is 24.7 Å². The Morgan fingerprint density at radius 1 is 0.952 bits per heavy atom. The molecule has 1 aromatic heterocycles. The Bertz CT molecular complexity index is 1790. The molecule has 0 bridgehead atoms. The molecule has 0 saturated heterocycles. The number of aliphatic hydroxyl groups is 2. The number of hydrogen-bond acceptors (Lipinski definition) is 9. The van der Waals surface area contributed by atoms with Crippen LogP contribution in [-0.2, 0) is 21.0 Å². The van der Waals surface area contributed by atoms with E-state index in [1.165, 1.54) is 38.5 Å². The van der Waals surface area contributed by atoms with Crippen molar-refractivity contribution in [3.63, 3.8) is 0 Å². The van der Waals surface area contributed by atoms with Crippen LogP contribution < -0.4 is 9.47 Å². The highest BCUT2D eigenvalue weighted by atomic mass is 16.7. The number of oxime groups is 1. The minimum Gasteiger partial charge on any atom is -0.487 e. The number of rotatable bonds is 28. The van der Waals surface area contributed by atoms with Crippen molar-refractivity contribution in [2.75, 3.05) is 26.4 Å². The Hall–Kier alpha value is -3.73. The number of carbonyl (C=O) groups excluding carboxylic acids is 1. The molecule has 1 aliphatic heterocycles. The van der Waals surface area contributed by atoms with E-state index in [2.05, 4.69) is 42.5 Å². The second-order valence-electron chi connectivity index (χ2n) is 19.2. The van der Waals surface area contributed by atoms with Gasteiger partial charge in [0.05, 0.1) is 23.9 Å². The zero-order valence-corrected chi connectivity index (χ0v) is 39.8. The van der Waals surface area contributed by atoms with Crippen molar-refractivity contribution < 1.29 is 34.1 Å². The summed E-state index contributed by atoms with van der Waals surface area (Å²) in [5, 5.41) is 24.9. The van der Waals surface area contributed by atoms with Crippen LogP contribution >= 0.6 is 0 Å². The monoisotopic (exact) mass is 872 g/mol. The number of allylic oxidation sites excluding steroid dienone is 1. The van der Waals surface area contributed by atoms with Crippen molar-refractivity contribution in [1.29, 1.82) is 0 Å². The number of nitrogens with zero attached hydrogens (tertiary/aromatic N) is 3. The number of unbranched alkanes of at least 4 members (excludes halogenated alkanes) is 10. The molecule has 1 saturated carbocycles. The minimum atomic E-state index is -1.26. The number of carbonyl (C=O) groups is 1. The summed E-state index contributed by atoms with van der Waals surface area (Å²) in [5.74, 6) is 0.113. The van der Waals surface area contributed by atoms with E-state index >= 15 is 0 Å². The lowest BCUT2D eigenvalue weighted by Crippen LogP contribution is -2.70. The fraction of sp³-hybridized carbons (Fsp3) is 0.679. The molecule has 2 N–H and O–H groups in total. The lowest BCUT2D eigenvalue weighted by molar-refractivity contribution is -0.257. The summed E-state index contributed by atoms with van der Waals surface area (Å²) in [6, 6.07) is 11.6. The summed E-state index contributed by atoms with van der Waals surface area (Å²) >= 11 is 0. The van der Waals surface area contributed by atoms with Gasteiger partial charge in [-0.1, -0.05) is 101 Å². The molecule has 3 aliphatic rings. The van der Waals surface area contributed by atoms with Gasteiger partial charge in [-0.05, 0) is 114 Å². The number of fused-ring (bicyclic) bond motifs is 2. The Morgan fingerprint density at radius 3 is 2.33 bits per heavy atom. The van der Waals surface area contributed by atoms with E-state index in [4.69, 9.17) is 24.2 Å². The van der Waals surface area contributed by atoms with E-state index in [1.807, 2.05) is 58.0 Å². The molecular formula is C53H81N3O7. The van der Waals surface area contributed by atoms with Gasteiger partial charge in [-0.15, -0.1) is 6.58 Å². The normalized spacial score (nSPS) is 23.3. The molecule has 350 valence electrons. The Labute approximate surface area is 379 Å². The molecule has 1 aromatic carbocycles. The third kappa shape index (κ3) is 13.6. The fourth-order valence-corrected chi connectivity index (χ4v) is 10.2. The van der Waals surface area contributed by atoms with Crippen LogP contribution in [0.4, 0.5) is 0 Å². The largest absolute Gasteiger partial charge is 0.487 e. The highest BCUT2D eigenvalue weighted by molar-refractivity contribution is 6.03. The van der Waals surface area contributed by atoms with Crippen molar-refractivity contribution in [1.82, 2.24) is 9.88 Å². The van der Waals surface area contributed by atoms with Gasteiger partial charge in [0.1, 0.15) is 29.7 Å². The standard InChI is InChI=1S/C53H81N3O7/c1-8-11-12-13-14-15-16-17-18-28-49(59)56(31-9-2)48-37-46(55-63-52(5,6)7)44-35-40(25-19-21-32-57)43(27-20-22-33-58)50-45-36-42(60-38-41-26-23-24-39(4)54-41)29-30-47(45)62-53(48,51(44)50)61-34-10-3/h10,23-24,26,29-30,35-36,40,43,48,50-51,57-58H,3,8-9,11-22,25,27-28,31-34,37-38H2,1-2,4-7H3. The van der Waals surface area contributed by atoms with Crippen molar-refractivity contribution in [2.24, 2.45) is 22.9 Å². The summed E-state index contributed by atoms with van der Waals surface area (Å²) < 4.78 is 21.1. The number of benzene rings is 1. The lowest BCUT2D eigenvalue weighted by Gasteiger charge is -2.60. The van der Waals surface area contributed by atoms with Gasteiger partial charge in [0, 0.05) is 49.8 Å². The molecule has 5 rings (SSSR count). The first-order valence-electron chi connectivity index (χ1n) is 24.6. The van der Waals surface area contributed by atoms with Crippen molar-refractivity contribution >= 4 is 11.6 Å². The predicted octanol–water partition coefficient (Wildman–Crippen LogP) is 11.6. The van der Waals surface area contributed by atoms with Gasteiger partial charge >= 0.3 is 0 Å². The van der Waals surface area contributed by atoms with Crippen LogP contribution in [0.2, 0.25) is 0 Å². The molecular weight excluding hydrogens is 791 g/mol. The van der Waals surface area contributed by atoms with Crippen molar-refractivity contribution in [3.8, 4) is 11.5 Å². The summed E-state index contributed by atoms with van der Waals surface area (Å²) in [5.41, 5.74) is 4.16. The number of hydrogen-bond donors (Lipinski definition) is 2. The van der Waals surface area contributed by atoms with Crippen LogP contribution in [0.15, 0.2) is 65.9 Å². The smallest absolute Gasteiger partial charge is 0.239 e. The molecule has 10 heteroatoms.